The van der Waals surface area contributed by atoms with E-state index in [9.17, 15) is 27.6 Å². The number of aromatic nitrogens is 2. The van der Waals surface area contributed by atoms with Crippen molar-refractivity contribution in [3.8, 4) is 11.4 Å². The highest BCUT2D eigenvalue weighted by Crippen LogP contribution is 2.61. The Balaban J connectivity index is 1.17. The maximum atomic E-state index is 13.7. The normalized spacial score (nSPS) is 23.9. The van der Waals surface area contributed by atoms with Crippen molar-refractivity contribution >= 4 is 23.5 Å². The van der Waals surface area contributed by atoms with E-state index in [0.717, 1.165) is 47.4 Å². The van der Waals surface area contributed by atoms with Gasteiger partial charge >= 0.3 is 18.1 Å². The minimum atomic E-state index is -5.24. The van der Waals surface area contributed by atoms with Crippen molar-refractivity contribution in [3.05, 3.63) is 71.0 Å². The number of nitrogens with one attached hydrogen (secondary N) is 2. The topological polar surface area (TPSA) is 101 Å². The molecule has 0 unspecified atom stereocenters. The monoisotopic (exact) mass is 607 g/mol. The van der Waals surface area contributed by atoms with E-state index >= 15 is 0 Å². The van der Waals surface area contributed by atoms with E-state index in [1.807, 2.05) is 31.2 Å². The Bertz CT molecular complexity index is 1540. The fourth-order valence-corrected chi connectivity index (χ4v) is 8.18. The largest absolute Gasteiger partial charge is 0.491 e. The summed E-state index contributed by atoms with van der Waals surface area (Å²) in [7, 11) is 0. The molecule has 4 aliphatic carbocycles. The minimum Gasteiger partial charge on any atom is -0.386 e. The molecule has 0 radical (unpaired) electrons. The van der Waals surface area contributed by atoms with Gasteiger partial charge in [-0.1, -0.05) is 36.4 Å². The Morgan fingerprint density at radius 3 is 2.32 bits per heavy atom. The van der Waals surface area contributed by atoms with Crippen molar-refractivity contribution in [2.45, 2.75) is 77.3 Å². The summed E-state index contributed by atoms with van der Waals surface area (Å²) in [5.74, 6) is -1.01. The maximum Gasteiger partial charge on any atom is 0.491 e. The second-order valence-electron chi connectivity index (χ2n) is 13.1. The van der Waals surface area contributed by atoms with Crippen LogP contribution in [0.1, 0.15) is 78.7 Å². The molecule has 1 aromatic heterocycles. The Hall–Kier alpha value is -3.95. The van der Waals surface area contributed by atoms with Crippen LogP contribution in [0.3, 0.4) is 0 Å². The molecule has 4 fully saturated rings. The van der Waals surface area contributed by atoms with Crippen molar-refractivity contribution in [2.24, 2.45) is 23.2 Å². The van der Waals surface area contributed by atoms with E-state index in [1.54, 1.807) is 24.3 Å². The van der Waals surface area contributed by atoms with E-state index in [4.69, 9.17) is 4.98 Å². The van der Waals surface area contributed by atoms with Crippen LogP contribution in [-0.4, -0.2) is 34.0 Å². The summed E-state index contributed by atoms with van der Waals surface area (Å²) in [6.45, 7) is 2.01. The molecule has 10 heteroatoms. The van der Waals surface area contributed by atoms with E-state index in [0.29, 0.717) is 28.2 Å². The van der Waals surface area contributed by atoms with Crippen LogP contribution >= 0.6 is 0 Å². The van der Waals surface area contributed by atoms with E-state index < -0.39 is 24.5 Å². The zero-order valence-corrected chi connectivity index (χ0v) is 24.6. The summed E-state index contributed by atoms with van der Waals surface area (Å²) in [5, 5.41) is 2.91. The molecule has 4 saturated carbocycles. The molecule has 7 nitrogen and oxygen atoms in total. The lowest BCUT2D eigenvalue weighted by Gasteiger charge is -2.57. The van der Waals surface area contributed by atoms with Gasteiger partial charge in [-0.05, 0) is 111 Å². The lowest BCUT2D eigenvalue weighted by atomic mass is 9.48. The van der Waals surface area contributed by atoms with Crippen molar-refractivity contribution in [1.82, 2.24) is 9.97 Å². The highest BCUT2D eigenvalue weighted by Gasteiger charge is 2.50. The van der Waals surface area contributed by atoms with E-state index in [2.05, 4.69) is 15.0 Å². The fraction of sp³-hybridized carbons (Fsp3) is 0.471. The van der Waals surface area contributed by atoms with Crippen LogP contribution in [0.5, 0.6) is 0 Å². The Labute approximate surface area is 254 Å². The average Bonchev–Trinajstić information content (AvgIpc) is 3.39. The van der Waals surface area contributed by atoms with Gasteiger partial charge in [0.15, 0.2) is 0 Å². The van der Waals surface area contributed by atoms with E-state index in [-0.39, 0.29) is 12.3 Å². The van der Waals surface area contributed by atoms with Crippen LogP contribution in [0.15, 0.2) is 48.5 Å². The number of aryl methyl sites for hydroxylation is 3. The van der Waals surface area contributed by atoms with Gasteiger partial charge < -0.3 is 15.0 Å². The summed E-state index contributed by atoms with van der Waals surface area (Å²) in [6.07, 6.45) is 4.09. The number of H-pyrrole nitrogens is 1. The van der Waals surface area contributed by atoms with Crippen molar-refractivity contribution in [3.63, 3.8) is 0 Å². The first-order chi connectivity index (χ1) is 21.0. The number of carbonyl (C=O) groups excluding carboxylic acids is 3. The number of hydrogen-bond acceptors (Lipinski definition) is 5. The highest BCUT2D eigenvalue weighted by atomic mass is 19.4. The fourth-order valence-electron chi connectivity index (χ4n) is 8.18. The first-order valence-electron chi connectivity index (χ1n) is 15.3. The summed E-state index contributed by atoms with van der Waals surface area (Å²) in [4.78, 5) is 44.6. The van der Waals surface area contributed by atoms with Crippen LogP contribution in [0.4, 0.5) is 18.9 Å². The zero-order chi connectivity index (χ0) is 31.1. The molecule has 0 saturated heterocycles. The molecule has 232 valence electrons. The molecule has 0 atom stereocenters. The predicted octanol–water partition coefficient (Wildman–Crippen LogP) is 7.35. The molecular weight excluding hydrogens is 571 g/mol. The van der Waals surface area contributed by atoms with Crippen molar-refractivity contribution < 1.29 is 32.3 Å². The van der Waals surface area contributed by atoms with Crippen LogP contribution in [0, 0.1) is 30.1 Å². The van der Waals surface area contributed by atoms with Crippen LogP contribution < -0.4 is 5.32 Å². The number of ether oxygens (including phenoxy) is 1. The van der Waals surface area contributed by atoms with Gasteiger partial charge in [-0.2, -0.15) is 13.2 Å². The SMILES string of the molecule is Cc1ccccc1-c1nc(C(=O)Nc2cccc(CCC(=O)OC(=O)C(F)(F)F)c2)c(CCC23CC4CC(CC(C4)C2)C3)[nH]1. The van der Waals surface area contributed by atoms with Gasteiger partial charge in [0.05, 0.1) is 6.42 Å². The van der Waals surface area contributed by atoms with Gasteiger partial charge in [0.2, 0.25) is 0 Å². The number of rotatable bonds is 9. The van der Waals surface area contributed by atoms with Crippen molar-refractivity contribution in [2.75, 3.05) is 5.32 Å². The first-order valence-corrected chi connectivity index (χ1v) is 15.3. The summed E-state index contributed by atoms with van der Waals surface area (Å²) >= 11 is 0. The number of anilines is 1. The number of aromatic amines is 1. The molecule has 4 bridgehead atoms. The van der Waals surface area contributed by atoms with Gasteiger partial charge in [0, 0.05) is 16.9 Å². The quantitative estimate of drug-likeness (QED) is 0.196. The van der Waals surface area contributed by atoms with Gasteiger partial charge in [-0.25, -0.2) is 9.78 Å². The summed E-state index contributed by atoms with van der Waals surface area (Å²) in [6, 6.07) is 14.6. The average molecular weight is 608 g/mol. The summed E-state index contributed by atoms with van der Waals surface area (Å²) in [5.41, 5.74) is 4.52. The molecule has 44 heavy (non-hydrogen) atoms. The molecule has 7 rings (SSSR count). The standard InChI is InChI=1S/C34H36F3N3O4/c1-20-5-2-3-8-26(20)30-39-27(11-12-33-17-22-13-23(18-33)15-24(14-22)19-33)29(40-30)31(42)38-25-7-4-6-21(16-25)9-10-28(41)44-32(43)34(35,36)37/h2-8,16,22-24H,9-15,17-19H2,1H3,(H,38,42)(H,39,40). The number of imidazole rings is 1. The second-order valence-corrected chi connectivity index (χ2v) is 13.1. The number of amides is 1. The lowest BCUT2D eigenvalue weighted by molar-refractivity contribution is -0.201. The van der Waals surface area contributed by atoms with Gasteiger partial charge in [-0.15, -0.1) is 0 Å². The number of carbonyl (C=O) groups is 3. The Kier molecular flexibility index (Phi) is 8.11. The van der Waals surface area contributed by atoms with Crippen LogP contribution in [0.2, 0.25) is 0 Å². The molecule has 1 heterocycles. The smallest absolute Gasteiger partial charge is 0.386 e. The van der Waals surface area contributed by atoms with Crippen LogP contribution in [0.25, 0.3) is 11.4 Å². The third-order valence-corrected chi connectivity index (χ3v) is 9.71. The molecule has 0 aliphatic heterocycles. The molecule has 2 N–H and O–H groups in total. The zero-order valence-electron chi connectivity index (χ0n) is 24.6. The number of alkyl halides is 3. The maximum absolute atomic E-state index is 13.7. The number of hydrogen-bond donors (Lipinski definition) is 2. The molecule has 2 aromatic carbocycles. The first kappa shape index (κ1) is 30.1. The van der Waals surface area contributed by atoms with E-state index in [1.165, 1.54) is 38.5 Å². The predicted molar refractivity (Wildman–Crippen MR) is 158 cm³/mol. The minimum absolute atomic E-state index is 0.0316. The van der Waals surface area contributed by atoms with Crippen molar-refractivity contribution in [1.29, 1.82) is 0 Å². The van der Waals surface area contributed by atoms with Gasteiger partial charge in [-0.3, -0.25) is 9.59 Å². The number of halogens is 3. The second kappa shape index (κ2) is 11.9. The van der Waals surface area contributed by atoms with Crippen LogP contribution in [-0.2, 0) is 27.2 Å². The third kappa shape index (κ3) is 6.59. The molecule has 3 aromatic rings. The molecule has 1 amide bonds. The molecule has 4 aliphatic rings. The number of esters is 2. The highest BCUT2D eigenvalue weighted by molar-refractivity contribution is 6.04. The van der Waals surface area contributed by atoms with Gasteiger partial charge in [0.25, 0.3) is 5.91 Å². The summed E-state index contributed by atoms with van der Waals surface area (Å²) < 4.78 is 41.0. The lowest BCUT2D eigenvalue weighted by Crippen LogP contribution is -2.46. The number of nitrogens with zero attached hydrogens (tertiary/aromatic N) is 1. The number of benzene rings is 2. The Morgan fingerprint density at radius 1 is 0.977 bits per heavy atom. The van der Waals surface area contributed by atoms with Gasteiger partial charge in [0.1, 0.15) is 11.5 Å². The third-order valence-electron chi connectivity index (χ3n) is 9.71. The molecule has 0 spiro atoms. The Morgan fingerprint density at radius 2 is 1.66 bits per heavy atom. The molecular formula is C34H36F3N3O4.